The number of nitrogen functional groups attached to an aromatic ring is 1. The van der Waals surface area contributed by atoms with Crippen LogP contribution in [-0.4, -0.2) is 21.9 Å². The monoisotopic (exact) mass is 298 g/mol. The molecule has 6 heteroatoms. The summed E-state index contributed by atoms with van der Waals surface area (Å²) >= 11 is 0. The summed E-state index contributed by atoms with van der Waals surface area (Å²) in [5, 5.41) is 0. The molecule has 0 bridgehead atoms. The standard InChI is InChI=1S/C16H18N4O2/c1-9-7-11-5-3-4-6-13(11)20(9)14(21)8-12-10(2)18-16(17)19-15(12)22/h3-6,9H,7-8H2,1-2H3,(H3,17,18,19,22)/t9-/m1/s1. The molecule has 1 amide bonds. The summed E-state index contributed by atoms with van der Waals surface area (Å²) in [7, 11) is 0. The first-order chi connectivity index (χ1) is 10.5. The highest BCUT2D eigenvalue weighted by molar-refractivity contribution is 5.97. The summed E-state index contributed by atoms with van der Waals surface area (Å²) < 4.78 is 0. The van der Waals surface area contributed by atoms with Crippen LogP contribution in [0.25, 0.3) is 0 Å². The van der Waals surface area contributed by atoms with Gasteiger partial charge in [-0.1, -0.05) is 18.2 Å². The summed E-state index contributed by atoms with van der Waals surface area (Å²) in [6.07, 6.45) is 0.852. The average molecular weight is 298 g/mol. The van der Waals surface area contributed by atoms with Crippen molar-refractivity contribution in [3.8, 4) is 0 Å². The number of H-pyrrole nitrogens is 1. The number of nitrogens with two attached hydrogens (primary N) is 1. The molecule has 1 aliphatic heterocycles. The third-order valence-corrected chi connectivity index (χ3v) is 4.04. The Hall–Kier alpha value is -2.63. The minimum absolute atomic E-state index is 0.0210. The molecule has 6 nitrogen and oxygen atoms in total. The molecular weight excluding hydrogens is 280 g/mol. The van der Waals surface area contributed by atoms with E-state index < -0.39 is 0 Å². The predicted molar refractivity (Wildman–Crippen MR) is 84.8 cm³/mol. The van der Waals surface area contributed by atoms with Gasteiger partial charge in [0.05, 0.1) is 12.1 Å². The highest BCUT2D eigenvalue weighted by Gasteiger charge is 2.31. The van der Waals surface area contributed by atoms with Crippen LogP contribution in [0, 0.1) is 6.92 Å². The maximum atomic E-state index is 12.7. The van der Waals surface area contributed by atoms with Crippen molar-refractivity contribution >= 4 is 17.5 Å². The molecule has 3 N–H and O–H groups in total. The van der Waals surface area contributed by atoms with Gasteiger partial charge in [0.2, 0.25) is 11.9 Å². The fourth-order valence-corrected chi connectivity index (χ4v) is 3.02. The van der Waals surface area contributed by atoms with Crippen LogP contribution in [0.4, 0.5) is 11.6 Å². The van der Waals surface area contributed by atoms with E-state index in [0.29, 0.717) is 11.3 Å². The molecule has 1 aromatic heterocycles. The predicted octanol–water partition coefficient (Wildman–Crippen LogP) is 1.18. The highest BCUT2D eigenvalue weighted by Crippen LogP contribution is 2.32. The average Bonchev–Trinajstić information content (AvgIpc) is 2.78. The summed E-state index contributed by atoms with van der Waals surface area (Å²) in [5.74, 6) is -0.0313. The third-order valence-electron chi connectivity index (χ3n) is 4.04. The van der Waals surface area contributed by atoms with E-state index in [0.717, 1.165) is 17.7 Å². The molecular formula is C16H18N4O2. The van der Waals surface area contributed by atoms with Crippen molar-refractivity contribution in [3.63, 3.8) is 0 Å². The molecule has 0 saturated carbocycles. The van der Waals surface area contributed by atoms with E-state index in [1.165, 1.54) is 0 Å². The van der Waals surface area contributed by atoms with Gasteiger partial charge in [-0.3, -0.25) is 14.6 Å². The minimum Gasteiger partial charge on any atom is -0.369 e. The van der Waals surface area contributed by atoms with E-state index in [-0.39, 0.29) is 29.9 Å². The van der Waals surface area contributed by atoms with Crippen LogP contribution < -0.4 is 16.2 Å². The minimum atomic E-state index is -0.349. The van der Waals surface area contributed by atoms with Crippen LogP contribution in [0.3, 0.4) is 0 Å². The highest BCUT2D eigenvalue weighted by atomic mass is 16.2. The smallest absolute Gasteiger partial charge is 0.256 e. The number of benzene rings is 1. The second kappa shape index (κ2) is 5.29. The first-order valence-corrected chi connectivity index (χ1v) is 7.22. The number of anilines is 2. The number of carbonyl (C=O) groups is 1. The Morgan fingerprint density at radius 1 is 1.45 bits per heavy atom. The molecule has 1 aromatic carbocycles. The number of para-hydroxylation sites is 1. The van der Waals surface area contributed by atoms with Crippen LogP contribution in [0.1, 0.15) is 23.7 Å². The zero-order valence-electron chi connectivity index (χ0n) is 12.6. The van der Waals surface area contributed by atoms with Crippen molar-refractivity contribution in [2.45, 2.75) is 32.7 Å². The Bertz CT molecular complexity index is 797. The molecule has 2 heterocycles. The summed E-state index contributed by atoms with van der Waals surface area (Å²) in [6.45, 7) is 3.70. The number of hydrogen-bond acceptors (Lipinski definition) is 4. The maximum Gasteiger partial charge on any atom is 0.256 e. The number of nitrogens with zero attached hydrogens (tertiary/aromatic N) is 2. The van der Waals surface area contributed by atoms with Crippen LogP contribution in [0.15, 0.2) is 29.1 Å². The van der Waals surface area contributed by atoms with E-state index >= 15 is 0 Å². The van der Waals surface area contributed by atoms with E-state index in [1.807, 2.05) is 31.2 Å². The van der Waals surface area contributed by atoms with E-state index in [4.69, 9.17) is 5.73 Å². The first-order valence-electron chi connectivity index (χ1n) is 7.22. The molecule has 1 atom stereocenters. The number of rotatable bonds is 2. The number of aromatic amines is 1. The zero-order valence-corrected chi connectivity index (χ0v) is 12.6. The van der Waals surface area contributed by atoms with Gasteiger partial charge in [-0.25, -0.2) is 4.98 Å². The summed E-state index contributed by atoms with van der Waals surface area (Å²) in [6, 6.07) is 7.95. The molecule has 2 aromatic rings. The van der Waals surface area contributed by atoms with Gasteiger partial charge >= 0.3 is 0 Å². The Balaban J connectivity index is 1.92. The lowest BCUT2D eigenvalue weighted by atomic mass is 10.1. The fourth-order valence-electron chi connectivity index (χ4n) is 3.02. The topological polar surface area (TPSA) is 92.1 Å². The van der Waals surface area contributed by atoms with E-state index in [1.54, 1.807) is 11.8 Å². The quantitative estimate of drug-likeness (QED) is 0.871. The third kappa shape index (κ3) is 2.36. The maximum absolute atomic E-state index is 12.7. The largest absolute Gasteiger partial charge is 0.369 e. The van der Waals surface area contributed by atoms with Crippen molar-refractivity contribution in [1.82, 2.24) is 9.97 Å². The Kier molecular flexibility index (Phi) is 3.44. The zero-order chi connectivity index (χ0) is 15.9. The second-order valence-corrected chi connectivity index (χ2v) is 5.64. The van der Waals surface area contributed by atoms with Crippen LogP contribution >= 0.6 is 0 Å². The van der Waals surface area contributed by atoms with Gasteiger partial charge in [0.25, 0.3) is 5.56 Å². The Labute approximate surface area is 128 Å². The SMILES string of the molecule is Cc1nc(N)[nH]c(=O)c1CC(=O)N1c2ccccc2C[C@H]1C. The Morgan fingerprint density at radius 3 is 2.91 bits per heavy atom. The molecule has 0 unspecified atom stereocenters. The molecule has 114 valence electrons. The fraction of sp³-hybridized carbons (Fsp3) is 0.312. The molecule has 0 radical (unpaired) electrons. The van der Waals surface area contributed by atoms with Crippen molar-refractivity contribution in [1.29, 1.82) is 0 Å². The van der Waals surface area contributed by atoms with E-state index in [9.17, 15) is 9.59 Å². The van der Waals surface area contributed by atoms with Gasteiger partial charge in [0.1, 0.15) is 0 Å². The lowest BCUT2D eigenvalue weighted by Crippen LogP contribution is -2.38. The summed E-state index contributed by atoms with van der Waals surface area (Å²) in [5.41, 5.74) is 8.11. The Morgan fingerprint density at radius 2 is 2.18 bits per heavy atom. The van der Waals surface area contributed by atoms with Crippen molar-refractivity contribution in [3.05, 3.63) is 51.4 Å². The van der Waals surface area contributed by atoms with Gasteiger partial charge in [0.15, 0.2) is 0 Å². The lowest BCUT2D eigenvalue weighted by molar-refractivity contribution is -0.118. The van der Waals surface area contributed by atoms with Gasteiger partial charge in [0, 0.05) is 17.3 Å². The van der Waals surface area contributed by atoms with Crippen molar-refractivity contribution in [2.24, 2.45) is 0 Å². The number of amides is 1. The normalized spacial score (nSPS) is 16.6. The number of aryl methyl sites for hydroxylation is 1. The second-order valence-electron chi connectivity index (χ2n) is 5.64. The van der Waals surface area contributed by atoms with Crippen LogP contribution in [-0.2, 0) is 17.6 Å². The number of nitrogens with one attached hydrogen (secondary N) is 1. The lowest BCUT2D eigenvalue weighted by Gasteiger charge is -2.22. The molecule has 0 fully saturated rings. The van der Waals surface area contributed by atoms with Gasteiger partial charge in [-0.05, 0) is 31.9 Å². The van der Waals surface area contributed by atoms with Crippen LogP contribution in [0.5, 0.6) is 0 Å². The van der Waals surface area contributed by atoms with Gasteiger partial charge in [-0.15, -0.1) is 0 Å². The molecule has 0 saturated heterocycles. The number of fused-ring (bicyclic) bond motifs is 1. The van der Waals surface area contributed by atoms with Crippen molar-refractivity contribution < 1.29 is 4.79 Å². The summed E-state index contributed by atoms with van der Waals surface area (Å²) in [4.78, 5) is 32.9. The van der Waals surface area contributed by atoms with Gasteiger partial charge < -0.3 is 10.6 Å². The van der Waals surface area contributed by atoms with Crippen molar-refractivity contribution in [2.75, 3.05) is 10.6 Å². The first kappa shape index (κ1) is 14.3. The molecule has 0 spiro atoms. The van der Waals surface area contributed by atoms with Crippen LogP contribution in [0.2, 0.25) is 0 Å². The number of aromatic nitrogens is 2. The van der Waals surface area contributed by atoms with Gasteiger partial charge in [-0.2, -0.15) is 0 Å². The molecule has 22 heavy (non-hydrogen) atoms. The number of hydrogen-bond donors (Lipinski definition) is 2. The molecule has 1 aliphatic rings. The molecule has 3 rings (SSSR count). The van der Waals surface area contributed by atoms with E-state index in [2.05, 4.69) is 9.97 Å². The number of carbonyl (C=O) groups excluding carboxylic acids is 1. The molecule has 0 aliphatic carbocycles.